The highest BCUT2D eigenvalue weighted by Gasteiger charge is 2.22. The van der Waals surface area contributed by atoms with E-state index >= 15 is 0 Å². The van der Waals surface area contributed by atoms with E-state index in [0.717, 1.165) is 12.8 Å². The molecule has 1 aliphatic rings. The third kappa shape index (κ3) is 3.98. The third-order valence-electron chi connectivity index (χ3n) is 2.99. The van der Waals surface area contributed by atoms with Crippen LogP contribution in [0.2, 0.25) is 0 Å². The number of ketones is 1. The minimum absolute atomic E-state index is 0.105. The van der Waals surface area contributed by atoms with Crippen molar-refractivity contribution in [3.8, 4) is 0 Å². The minimum Gasteiger partial charge on any atom is -0.295 e. The maximum atomic E-state index is 11.9. The van der Waals surface area contributed by atoms with Gasteiger partial charge in [-0.15, -0.1) is 0 Å². The first-order chi connectivity index (χ1) is 6.91. The molecular formula is C13H21ClO. The van der Waals surface area contributed by atoms with E-state index in [-0.39, 0.29) is 17.1 Å². The number of allylic oxidation sites excluding steroid dienone is 2. The van der Waals surface area contributed by atoms with Crippen molar-refractivity contribution in [1.29, 1.82) is 0 Å². The summed E-state index contributed by atoms with van der Waals surface area (Å²) in [4.78, 5) is 11.9. The van der Waals surface area contributed by atoms with Crippen molar-refractivity contribution in [2.75, 3.05) is 0 Å². The molecule has 0 saturated heterocycles. The highest BCUT2D eigenvalue weighted by Crippen LogP contribution is 2.30. The van der Waals surface area contributed by atoms with Crippen molar-refractivity contribution < 1.29 is 4.79 Å². The molecule has 0 spiro atoms. The smallest absolute Gasteiger partial charge is 0.159 e. The van der Waals surface area contributed by atoms with Crippen LogP contribution in [0.15, 0.2) is 11.1 Å². The largest absolute Gasteiger partial charge is 0.295 e. The van der Waals surface area contributed by atoms with Crippen molar-refractivity contribution in [3.63, 3.8) is 0 Å². The second-order valence-corrected chi connectivity index (χ2v) is 5.89. The Bertz CT molecular complexity index is 254. The lowest BCUT2D eigenvalue weighted by Crippen LogP contribution is -2.17. The van der Waals surface area contributed by atoms with Gasteiger partial charge in [-0.25, -0.2) is 0 Å². The molecule has 0 aliphatic heterocycles. The summed E-state index contributed by atoms with van der Waals surface area (Å²) < 4.78 is 0. The van der Waals surface area contributed by atoms with Crippen molar-refractivity contribution in [3.05, 3.63) is 11.1 Å². The molecule has 86 valence electrons. The van der Waals surface area contributed by atoms with Crippen LogP contribution in [0.4, 0.5) is 0 Å². The molecular weight excluding hydrogens is 208 g/mol. The summed E-state index contributed by atoms with van der Waals surface area (Å²) in [7, 11) is 0. The van der Waals surface area contributed by atoms with Gasteiger partial charge in [0.15, 0.2) is 5.78 Å². The maximum Gasteiger partial charge on any atom is 0.159 e. The van der Waals surface area contributed by atoms with Gasteiger partial charge in [-0.2, -0.15) is 0 Å². The molecule has 1 rings (SSSR count). The molecule has 1 nitrogen and oxygen atoms in total. The molecule has 2 heteroatoms. The molecule has 0 atom stereocenters. The SMILES string of the molecule is CC(C)(C)/C(Cl)=C/C(=O)C1CCCCC1. The van der Waals surface area contributed by atoms with Crippen molar-refractivity contribution in [2.45, 2.75) is 52.9 Å². The van der Waals surface area contributed by atoms with Crippen molar-refractivity contribution in [1.82, 2.24) is 0 Å². The van der Waals surface area contributed by atoms with Crippen LogP contribution in [0, 0.1) is 11.3 Å². The predicted molar refractivity (Wildman–Crippen MR) is 65.0 cm³/mol. The number of rotatable bonds is 2. The summed E-state index contributed by atoms with van der Waals surface area (Å²) in [5.74, 6) is 0.462. The Morgan fingerprint density at radius 1 is 1.20 bits per heavy atom. The van der Waals surface area contributed by atoms with Crippen LogP contribution < -0.4 is 0 Å². The fourth-order valence-corrected chi connectivity index (χ4v) is 1.95. The van der Waals surface area contributed by atoms with E-state index in [2.05, 4.69) is 0 Å². The average molecular weight is 229 g/mol. The van der Waals surface area contributed by atoms with E-state index in [4.69, 9.17) is 11.6 Å². The van der Waals surface area contributed by atoms with Crippen LogP contribution in [-0.4, -0.2) is 5.78 Å². The van der Waals surface area contributed by atoms with Gasteiger partial charge in [-0.1, -0.05) is 51.6 Å². The number of carbonyl (C=O) groups is 1. The van der Waals surface area contributed by atoms with Gasteiger partial charge in [0.25, 0.3) is 0 Å². The monoisotopic (exact) mass is 228 g/mol. The molecule has 0 amide bonds. The number of halogens is 1. The average Bonchev–Trinajstić information content (AvgIpc) is 2.17. The van der Waals surface area contributed by atoms with E-state index in [1.165, 1.54) is 19.3 Å². The zero-order valence-corrected chi connectivity index (χ0v) is 10.7. The van der Waals surface area contributed by atoms with Gasteiger partial charge < -0.3 is 0 Å². The number of carbonyl (C=O) groups excluding carboxylic acids is 1. The van der Waals surface area contributed by atoms with Crippen LogP contribution in [0.5, 0.6) is 0 Å². The predicted octanol–water partition coefficient (Wildman–Crippen LogP) is 4.30. The second kappa shape index (κ2) is 5.16. The summed E-state index contributed by atoms with van der Waals surface area (Å²) in [6.07, 6.45) is 7.40. The quantitative estimate of drug-likeness (QED) is 0.644. The lowest BCUT2D eigenvalue weighted by molar-refractivity contribution is -0.119. The first kappa shape index (κ1) is 12.8. The first-order valence-electron chi connectivity index (χ1n) is 5.83. The normalized spacial score (nSPS) is 20.4. The molecule has 1 aliphatic carbocycles. The Kier molecular flexibility index (Phi) is 4.39. The van der Waals surface area contributed by atoms with Crippen molar-refractivity contribution in [2.24, 2.45) is 11.3 Å². The fourth-order valence-electron chi connectivity index (χ4n) is 1.85. The molecule has 0 heterocycles. The van der Waals surface area contributed by atoms with Gasteiger partial charge in [0.2, 0.25) is 0 Å². The molecule has 0 aromatic rings. The summed E-state index contributed by atoms with van der Waals surface area (Å²) in [6, 6.07) is 0. The van der Waals surface area contributed by atoms with Crippen LogP contribution in [-0.2, 0) is 4.79 Å². The Morgan fingerprint density at radius 2 is 1.73 bits per heavy atom. The Balaban J connectivity index is 2.60. The van der Waals surface area contributed by atoms with Gasteiger partial charge >= 0.3 is 0 Å². The summed E-state index contributed by atoms with van der Waals surface area (Å²) in [5.41, 5.74) is -0.105. The molecule has 0 aromatic heterocycles. The van der Waals surface area contributed by atoms with E-state index in [0.29, 0.717) is 5.03 Å². The van der Waals surface area contributed by atoms with Gasteiger partial charge in [0, 0.05) is 11.0 Å². The molecule has 0 unspecified atom stereocenters. The van der Waals surface area contributed by atoms with E-state index < -0.39 is 0 Å². The van der Waals surface area contributed by atoms with Gasteiger partial charge in [0.1, 0.15) is 0 Å². The van der Waals surface area contributed by atoms with Crippen molar-refractivity contribution >= 4 is 17.4 Å². The Morgan fingerprint density at radius 3 is 2.20 bits per heavy atom. The first-order valence-corrected chi connectivity index (χ1v) is 6.20. The fraction of sp³-hybridized carbons (Fsp3) is 0.769. The zero-order chi connectivity index (χ0) is 11.5. The topological polar surface area (TPSA) is 17.1 Å². The zero-order valence-electron chi connectivity index (χ0n) is 9.98. The second-order valence-electron chi connectivity index (χ2n) is 5.48. The molecule has 1 fully saturated rings. The van der Waals surface area contributed by atoms with Crippen LogP contribution in [0.25, 0.3) is 0 Å². The van der Waals surface area contributed by atoms with E-state index in [1.54, 1.807) is 6.08 Å². The maximum absolute atomic E-state index is 11.9. The van der Waals surface area contributed by atoms with Gasteiger partial charge in [-0.05, 0) is 24.3 Å². The molecule has 0 radical (unpaired) electrons. The van der Waals surface area contributed by atoms with Gasteiger partial charge in [0.05, 0.1) is 0 Å². The van der Waals surface area contributed by atoms with Crippen LogP contribution >= 0.6 is 11.6 Å². The summed E-state index contributed by atoms with van der Waals surface area (Å²) in [6.45, 7) is 6.08. The lowest BCUT2D eigenvalue weighted by Gasteiger charge is -2.21. The third-order valence-corrected chi connectivity index (χ3v) is 3.67. The molecule has 0 bridgehead atoms. The minimum atomic E-state index is -0.105. The molecule has 0 aromatic carbocycles. The molecule has 15 heavy (non-hydrogen) atoms. The molecule has 1 saturated carbocycles. The summed E-state index contributed by atoms with van der Waals surface area (Å²) in [5, 5.41) is 0.679. The Labute approximate surface area is 97.9 Å². The van der Waals surface area contributed by atoms with E-state index in [9.17, 15) is 4.79 Å². The van der Waals surface area contributed by atoms with Crippen LogP contribution in [0.3, 0.4) is 0 Å². The molecule has 0 N–H and O–H groups in total. The number of hydrogen-bond donors (Lipinski definition) is 0. The highest BCUT2D eigenvalue weighted by atomic mass is 35.5. The standard InChI is InChI=1S/C13H21ClO/c1-13(2,3)12(14)9-11(15)10-7-5-4-6-8-10/h9-10H,4-8H2,1-3H3/b12-9-. The van der Waals surface area contributed by atoms with Gasteiger partial charge in [-0.3, -0.25) is 4.79 Å². The highest BCUT2D eigenvalue weighted by molar-refractivity contribution is 6.31. The lowest BCUT2D eigenvalue weighted by atomic mass is 9.85. The Hall–Kier alpha value is -0.300. The summed E-state index contributed by atoms with van der Waals surface area (Å²) >= 11 is 6.11. The van der Waals surface area contributed by atoms with Crippen LogP contribution in [0.1, 0.15) is 52.9 Å². The van der Waals surface area contributed by atoms with E-state index in [1.807, 2.05) is 20.8 Å². The number of hydrogen-bond acceptors (Lipinski definition) is 1.